The van der Waals surface area contributed by atoms with Crippen LogP contribution in [0.25, 0.3) is 0 Å². The zero-order valence-corrected chi connectivity index (χ0v) is 12.6. The van der Waals surface area contributed by atoms with Gasteiger partial charge in [-0.25, -0.2) is 4.39 Å². The summed E-state index contributed by atoms with van der Waals surface area (Å²) in [5.74, 6) is -2.45. The van der Waals surface area contributed by atoms with Gasteiger partial charge >= 0.3 is 5.97 Å². The summed E-state index contributed by atoms with van der Waals surface area (Å²) < 4.78 is 13.5. The van der Waals surface area contributed by atoms with E-state index >= 15 is 0 Å². The Labute approximate surface area is 135 Å². The number of hydrogen-bond acceptors (Lipinski definition) is 2. The average Bonchev–Trinajstić information content (AvgIpc) is 2.44. The molecule has 0 atom stereocenters. The molecule has 2 aromatic carbocycles. The molecule has 0 unspecified atom stereocenters. The number of para-hydroxylation sites is 1. The Morgan fingerprint density at radius 3 is 2.50 bits per heavy atom. The van der Waals surface area contributed by atoms with Gasteiger partial charge < -0.3 is 10.4 Å². The van der Waals surface area contributed by atoms with Crippen LogP contribution in [0, 0.1) is 5.82 Å². The molecule has 0 saturated carbocycles. The van der Waals surface area contributed by atoms with Gasteiger partial charge in [0.25, 0.3) is 5.91 Å². The van der Waals surface area contributed by atoms with Gasteiger partial charge in [0.05, 0.1) is 22.0 Å². The Kier molecular flexibility index (Phi) is 5.00. The van der Waals surface area contributed by atoms with Crippen LogP contribution in [0.1, 0.15) is 15.9 Å². The highest BCUT2D eigenvalue weighted by Gasteiger charge is 2.16. The van der Waals surface area contributed by atoms with Crippen molar-refractivity contribution < 1.29 is 19.1 Å². The normalized spacial score (nSPS) is 10.3. The summed E-state index contributed by atoms with van der Waals surface area (Å²) in [6.45, 7) is 0. The highest BCUT2D eigenvalue weighted by atomic mass is 35.5. The Morgan fingerprint density at radius 2 is 1.82 bits per heavy atom. The van der Waals surface area contributed by atoms with Gasteiger partial charge in [-0.1, -0.05) is 41.4 Å². The van der Waals surface area contributed by atoms with E-state index < -0.39 is 17.7 Å². The number of hydrogen-bond donors (Lipinski definition) is 2. The number of halogens is 3. The quantitative estimate of drug-likeness (QED) is 0.825. The first-order chi connectivity index (χ1) is 10.4. The smallest absolute Gasteiger partial charge is 0.307 e. The van der Waals surface area contributed by atoms with E-state index in [0.29, 0.717) is 11.3 Å². The second-order valence-corrected chi connectivity index (χ2v) is 5.24. The third kappa shape index (κ3) is 3.75. The Hall–Kier alpha value is -2.11. The van der Waals surface area contributed by atoms with E-state index in [1.165, 1.54) is 0 Å². The summed E-state index contributed by atoms with van der Waals surface area (Å²) in [5, 5.41) is 11.2. The van der Waals surface area contributed by atoms with E-state index in [9.17, 15) is 14.0 Å². The van der Waals surface area contributed by atoms with Crippen LogP contribution in [0.15, 0.2) is 36.4 Å². The molecular formula is C15H10Cl2FNO3. The zero-order valence-electron chi connectivity index (χ0n) is 11.1. The lowest BCUT2D eigenvalue weighted by Crippen LogP contribution is -2.15. The maximum atomic E-state index is 13.5. The molecule has 4 nitrogen and oxygen atoms in total. The summed E-state index contributed by atoms with van der Waals surface area (Å²) in [7, 11) is 0. The largest absolute Gasteiger partial charge is 0.481 e. The lowest BCUT2D eigenvalue weighted by molar-refractivity contribution is -0.136. The summed E-state index contributed by atoms with van der Waals surface area (Å²) in [4.78, 5) is 23.0. The van der Waals surface area contributed by atoms with Gasteiger partial charge in [0.2, 0.25) is 0 Å². The Bertz CT molecular complexity index is 750. The molecule has 2 aromatic rings. The SMILES string of the molecule is O=C(O)Cc1ccccc1NC(=O)c1cc(F)c(Cl)cc1Cl. The molecule has 0 aliphatic heterocycles. The van der Waals surface area contributed by atoms with Crippen molar-refractivity contribution in [1.29, 1.82) is 0 Å². The second-order valence-electron chi connectivity index (χ2n) is 4.43. The number of benzene rings is 2. The molecule has 0 bridgehead atoms. The molecule has 2 rings (SSSR count). The first-order valence-electron chi connectivity index (χ1n) is 6.14. The lowest BCUT2D eigenvalue weighted by atomic mass is 10.1. The van der Waals surface area contributed by atoms with Crippen molar-refractivity contribution in [3.63, 3.8) is 0 Å². The fourth-order valence-corrected chi connectivity index (χ4v) is 2.31. The molecule has 0 spiro atoms. The Balaban J connectivity index is 2.30. The molecule has 0 heterocycles. The fraction of sp³-hybridized carbons (Fsp3) is 0.0667. The van der Waals surface area contributed by atoms with Crippen molar-refractivity contribution in [3.8, 4) is 0 Å². The molecule has 0 radical (unpaired) electrons. The zero-order chi connectivity index (χ0) is 16.3. The number of aliphatic carboxylic acids is 1. The standard InChI is InChI=1S/C15H10Cl2FNO3/c16-10-7-11(17)12(18)6-9(10)15(22)19-13-4-2-1-3-8(13)5-14(20)21/h1-4,6-7H,5H2,(H,19,22)(H,20,21). The van der Waals surface area contributed by atoms with Crippen LogP contribution in [-0.4, -0.2) is 17.0 Å². The van der Waals surface area contributed by atoms with Crippen LogP contribution in [0.2, 0.25) is 10.0 Å². The topological polar surface area (TPSA) is 66.4 Å². The summed E-state index contributed by atoms with van der Waals surface area (Å²) in [6.07, 6.45) is -0.251. The van der Waals surface area contributed by atoms with Gasteiger partial charge in [-0.3, -0.25) is 9.59 Å². The maximum absolute atomic E-state index is 13.5. The molecule has 22 heavy (non-hydrogen) atoms. The van der Waals surface area contributed by atoms with Gasteiger partial charge in [0.15, 0.2) is 0 Å². The van der Waals surface area contributed by atoms with Gasteiger partial charge in [0, 0.05) is 5.69 Å². The molecule has 114 valence electrons. The van der Waals surface area contributed by atoms with Crippen LogP contribution in [-0.2, 0) is 11.2 Å². The highest BCUT2D eigenvalue weighted by molar-refractivity contribution is 6.37. The first-order valence-corrected chi connectivity index (χ1v) is 6.89. The van der Waals surface area contributed by atoms with Crippen molar-refractivity contribution in [2.75, 3.05) is 5.32 Å². The molecule has 2 N–H and O–H groups in total. The molecule has 0 fully saturated rings. The molecule has 1 amide bonds. The van der Waals surface area contributed by atoms with Gasteiger partial charge in [-0.2, -0.15) is 0 Å². The number of amides is 1. The van der Waals surface area contributed by atoms with Crippen molar-refractivity contribution in [2.45, 2.75) is 6.42 Å². The number of carbonyl (C=O) groups excluding carboxylic acids is 1. The van der Waals surface area contributed by atoms with E-state index in [1.807, 2.05) is 0 Å². The number of carboxylic acids is 1. The van der Waals surface area contributed by atoms with Crippen LogP contribution in [0.5, 0.6) is 0 Å². The van der Waals surface area contributed by atoms with Gasteiger partial charge in [-0.15, -0.1) is 0 Å². The predicted molar refractivity (Wildman–Crippen MR) is 82.2 cm³/mol. The van der Waals surface area contributed by atoms with E-state index in [0.717, 1.165) is 12.1 Å². The minimum absolute atomic E-state index is 0.000356. The number of carbonyl (C=O) groups is 2. The van der Waals surface area contributed by atoms with E-state index in [2.05, 4.69) is 5.32 Å². The van der Waals surface area contributed by atoms with Crippen LogP contribution < -0.4 is 5.32 Å². The second kappa shape index (κ2) is 6.77. The molecule has 0 saturated heterocycles. The van der Waals surface area contributed by atoms with Crippen LogP contribution >= 0.6 is 23.2 Å². The maximum Gasteiger partial charge on any atom is 0.307 e. The van der Waals surface area contributed by atoms with E-state index in [-0.39, 0.29) is 22.0 Å². The number of nitrogens with one attached hydrogen (secondary N) is 1. The average molecular weight is 342 g/mol. The molecule has 0 aliphatic rings. The number of carboxylic acid groups (broad SMARTS) is 1. The molecule has 0 aliphatic carbocycles. The molecule has 7 heteroatoms. The summed E-state index contributed by atoms with van der Waals surface area (Å²) in [6, 6.07) is 8.49. The fourth-order valence-electron chi connectivity index (χ4n) is 1.85. The number of anilines is 1. The molecule has 0 aromatic heterocycles. The molecular weight excluding hydrogens is 332 g/mol. The number of rotatable bonds is 4. The van der Waals surface area contributed by atoms with Crippen LogP contribution in [0.4, 0.5) is 10.1 Å². The van der Waals surface area contributed by atoms with E-state index in [4.69, 9.17) is 28.3 Å². The van der Waals surface area contributed by atoms with Crippen molar-refractivity contribution in [2.24, 2.45) is 0 Å². The first kappa shape index (κ1) is 16.3. The van der Waals surface area contributed by atoms with Crippen molar-refractivity contribution in [1.82, 2.24) is 0 Å². The van der Waals surface area contributed by atoms with Crippen LogP contribution in [0.3, 0.4) is 0 Å². The van der Waals surface area contributed by atoms with Crippen molar-refractivity contribution in [3.05, 3.63) is 63.4 Å². The minimum atomic E-state index is -1.03. The summed E-state index contributed by atoms with van der Waals surface area (Å²) >= 11 is 11.5. The third-order valence-electron chi connectivity index (χ3n) is 2.86. The highest BCUT2D eigenvalue weighted by Crippen LogP contribution is 2.25. The third-order valence-corrected chi connectivity index (χ3v) is 3.46. The minimum Gasteiger partial charge on any atom is -0.481 e. The van der Waals surface area contributed by atoms with Gasteiger partial charge in [-0.05, 0) is 23.8 Å². The Morgan fingerprint density at radius 1 is 1.14 bits per heavy atom. The lowest BCUT2D eigenvalue weighted by Gasteiger charge is -2.11. The monoisotopic (exact) mass is 341 g/mol. The van der Waals surface area contributed by atoms with Crippen molar-refractivity contribution >= 4 is 40.8 Å². The summed E-state index contributed by atoms with van der Waals surface area (Å²) in [5.41, 5.74) is 0.656. The van der Waals surface area contributed by atoms with Gasteiger partial charge in [0.1, 0.15) is 5.82 Å². The van der Waals surface area contributed by atoms with E-state index in [1.54, 1.807) is 24.3 Å². The predicted octanol–water partition coefficient (Wildman–Crippen LogP) is 4.01.